The molecule has 0 spiro atoms. The first-order chi connectivity index (χ1) is 18.8. The van der Waals surface area contributed by atoms with Crippen LogP contribution in [0.4, 0.5) is 4.39 Å². The van der Waals surface area contributed by atoms with Crippen molar-refractivity contribution in [3.63, 3.8) is 0 Å². The van der Waals surface area contributed by atoms with Crippen LogP contribution in [0.5, 0.6) is 5.75 Å². The normalized spacial score (nSPS) is 29.5. The number of Topliss-reactive ketones (excluding diaryl/α,β-unsaturated/α-hetero) is 2. The van der Waals surface area contributed by atoms with Crippen molar-refractivity contribution in [1.82, 2.24) is 9.80 Å². The van der Waals surface area contributed by atoms with Gasteiger partial charge in [-0.3, -0.25) is 24.2 Å². The van der Waals surface area contributed by atoms with Crippen molar-refractivity contribution >= 4 is 17.5 Å². The Morgan fingerprint density at radius 2 is 1.88 bits per heavy atom. The number of likely N-dealkylation sites (N-methyl/N-ethyl adjacent to an activating group) is 1. The number of phenols is 1. The number of hydrogen-bond donors (Lipinski definition) is 5. The van der Waals surface area contributed by atoms with Crippen LogP contribution in [0.1, 0.15) is 40.7 Å². The molecule has 1 fully saturated rings. The first-order valence-electron chi connectivity index (χ1n) is 13.3. The van der Waals surface area contributed by atoms with E-state index in [2.05, 4.69) is 0 Å². The Balaban J connectivity index is 1.57. The summed E-state index contributed by atoms with van der Waals surface area (Å²) in [6, 6.07) is 0.0945. The molecule has 0 aromatic heterocycles. The van der Waals surface area contributed by atoms with Crippen LogP contribution in [0.3, 0.4) is 0 Å². The van der Waals surface area contributed by atoms with Gasteiger partial charge < -0.3 is 30.9 Å². The third-order valence-corrected chi connectivity index (χ3v) is 8.99. The number of carbonyl (C=O) groups excluding carboxylic acids is 3. The smallest absolute Gasteiger partial charge is 0.255 e. The molecule has 11 nitrogen and oxygen atoms in total. The van der Waals surface area contributed by atoms with E-state index in [1.807, 2.05) is 4.90 Å². The second kappa shape index (κ2) is 9.95. The Labute approximate surface area is 230 Å². The molecule has 1 aromatic carbocycles. The number of allylic oxidation sites excluding steroid dienone is 1. The Hall–Kier alpha value is -3.32. The van der Waals surface area contributed by atoms with Gasteiger partial charge in [0.05, 0.1) is 17.7 Å². The van der Waals surface area contributed by atoms with Gasteiger partial charge in [-0.15, -0.1) is 0 Å². The highest BCUT2D eigenvalue weighted by Crippen LogP contribution is 2.52. The largest absolute Gasteiger partial charge is 0.510 e. The third kappa shape index (κ3) is 4.04. The van der Waals surface area contributed by atoms with Crippen molar-refractivity contribution in [2.24, 2.45) is 17.6 Å². The number of benzene rings is 1. The minimum absolute atomic E-state index is 0.0000969. The van der Waals surface area contributed by atoms with Crippen molar-refractivity contribution in [1.29, 1.82) is 0 Å². The van der Waals surface area contributed by atoms with E-state index < -0.39 is 69.6 Å². The number of fused-ring (bicyclic) bond motifs is 3. The van der Waals surface area contributed by atoms with Crippen LogP contribution in [0, 0.1) is 17.7 Å². The lowest BCUT2D eigenvalue weighted by atomic mass is 9.58. The number of hydrogen-bond acceptors (Lipinski definition) is 10. The molecule has 216 valence electrons. The zero-order valence-electron chi connectivity index (χ0n) is 22.6. The van der Waals surface area contributed by atoms with Crippen LogP contribution in [-0.4, -0.2) is 99.7 Å². The number of piperidine rings is 1. The number of likely N-dealkylation sites (tertiary alicyclic amines) is 1. The van der Waals surface area contributed by atoms with Crippen molar-refractivity contribution < 1.29 is 43.9 Å². The molecule has 0 radical (unpaired) electrons. The van der Waals surface area contributed by atoms with Gasteiger partial charge in [0.15, 0.2) is 11.4 Å². The number of amides is 1. The molecule has 40 heavy (non-hydrogen) atoms. The lowest BCUT2D eigenvalue weighted by molar-refractivity contribution is -0.148. The minimum atomic E-state index is -2.73. The van der Waals surface area contributed by atoms with Crippen molar-refractivity contribution in [2.75, 3.05) is 34.3 Å². The fourth-order valence-corrected chi connectivity index (χ4v) is 7.01. The number of nitrogens with zero attached hydrogens (tertiary/aromatic N) is 2. The monoisotopic (exact) mass is 559 g/mol. The predicted molar refractivity (Wildman–Crippen MR) is 139 cm³/mol. The zero-order valence-corrected chi connectivity index (χ0v) is 22.6. The molecule has 0 bridgehead atoms. The molecule has 1 heterocycles. The first kappa shape index (κ1) is 28.2. The van der Waals surface area contributed by atoms with Gasteiger partial charge in [0.1, 0.15) is 28.7 Å². The van der Waals surface area contributed by atoms with Crippen LogP contribution in [-0.2, 0) is 27.3 Å². The van der Waals surface area contributed by atoms with Crippen LogP contribution in [0.15, 0.2) is 28.7 Å². The Morgan fingerprint density at radius 1 is 1.23 bits per heavy atom. The van der Waals surface area contributed by atoms with Gasteiger partial charge in [-0.2, -0.15) is 0 Å². The minimum Gasteiger partial charge on any atom is -0.510 e. The summed E-state index contributed by atoms with van der Waals surface area (Å²) in [6.07, 6.45) is 1.54. The van der Waals surface area contributed by atoms with Crippen molar-refractivity contribution in [2.45, 2.75) is 50.0 Å². The topological polar surface area (TPSA) is 174 Å². The van der Waals surface area contributed by atoms with E-state index in [0.29, 0.717) is 13.1 Å². The molecule has 6 N–H and O–H groups in total. The number of phenolic OH excluding ortho intramolecular Hbond substituents is 1. The van der Waals surface area contributed by atoms with Gasteiger partial charge in [0.25, 0.3) is 5.91 Å². The number of nitrogens with two attached hydrogens (primary N) is 1. The molecule has 1 unspecified atom stereocenters. The summed E-state index contributed by atoms with van der Waals surface area (Å²) in [5.41, 5.74) is 1.31. The molecule has 3 aliphatic carbocycles. The highest BCUT2D eigenvalue weighted by molar-refractivity contribution is 6.24. The number of rotatable bonds is 5. The zero-order chi connectivity index (χ0) is 29.3. The van der Waals surface area contributed by atoms with Gasteiger partial charge in [-0.05, 0) is 51.8 Å². The summed E-state index contributed by atoms with van der Waals surface area (Å²) < 4.78 is 21.3. The van der Waals surface area contributed by atoms with E-state index in [-0.39, 0.29) is 47.8 Å². The number of aromatic hydroxyl groups is 1. The average Bonchev–Trinajstić information content (AvgIpc) is 2.89. The van der Waals surface area contributed by atoms with Crippen LogP contribution >= 0.6 is 0 Å². The lowest BCUT2D eigenvalue weighted by Gasteiger charge is -2.50. The van der Waals surface area contributed by atoms with E-state index in [4.69, 9.17) is 10.5 Å². The fraction of sp³-hybridized carbons (Fsp3) is 0.536. The van der Waals surface area contributed by atoms with Crippen molar-refractivity contribution in [3.8, 4) is 5.75 Å². The van der Waals surface area contributed by atoms with E-state index in [0.717, 1.165) is 12.8 Å². The van der Waals surface area contributed by atoms with Gasteiger partial charge in [0, 0.05) is 49.4 Å². The second-order valence-corrected chi connectivity index (χ2v) is 11.4. The van der Waals surface area contributed by atoms with Crippen LogP contribution in [0.2, 0.25) is 0 Å². The second-order valence-electron chi connectivity index (χ2n) is 11.4. The maximum absolute atomic E-state index is 15.9. The van der Waals surface area contributed by atoms with Gasteiger partial charge in [0.2, 0.25) is 5.78 Å². The Morgan fingerprint density at radius 3 is 2.45 bits per heavy atom. The average molecular weight is 560 g/mol. The summed E-state index contributed by atoms with van der Waals surface area (Å²) in [5, 5.41) is 44.6. The molecule has 4 aliphatic rings. The van der Waals surface area contributed by atoms with Gasteiger partial charge in [-0.1, -0.05) is 0 Å². The van der Waals surface area contributed by atoms with Crippen LogP contribution < -0.4 is 5.73 Å². The molecule has 1 aromatic rings. The summed E-state index contributed by atoms with van der Waals surface area (Å²) in [6.45, 7) is 1.59. The number of aliphatic hydroxyl groups excluding tert-OH is 2. The highest BCUT2D eigenvalue weighted by atomic mass is 19.1. The number of ketones is 2. The van der Waals surface area contributed by atoms with E-state index in [9.17, 15) is 34.8 Å². The molecule has 5 rings (SSSR count). The number of aliphatic hydroxyl groups is 3. The maximum Gasteiger partial charge on any atom is 0.255 e. The standard InChI is InChI=1S/C28H34FN3O8/c1-31(2)22-16-9-12-8-15-19(17(33)10-13(21(15)29)11-32-6-4-14(40-3)5-7-32)23(34)18(12)25(36)28(16,39)26(37)20(24(22)35)27(30)38/h10,12,14,16,22,33,35-36,39H,4-9,11H2,1-3H3,(H2,30,38)/t12-,16?,22-,28-/m0/s1. The molecule has 12 heteroatoms. The maximum atomic E-state index is 15.9. The van der Waals surface area contributed by atoms with E-state index in [1.54, 1.807) is 21.2 Å². The van der Waals surface area contributed by atoms with Crippen LogP contribution in [0.25, 0.3) is 0 Å². The Kier molecular flexibility index (Phi) is 7.02. The number of halogens is 1. The molecule has 1 amide bonds. The van der Waals surface area contributed by atoms with E-state index >= 15 is 4.39 Å². The SMILES string of the molecule is COC1CCN(Cc2cc(O)c3c(c2F)C[C@H]2CC4[C@H](N(C)C)C(O)=C(C(N)=O)C(=O)[C@@]4(O)C(O)=C2C3=O)CC1. The summed E-state index contributed by atoms with van der Waals surface area (Å²) >= 11 is 0. The third-order valence-electron chi connectivity index (χ3n) is 8.99. The lowest BCUT2D eigenvalue weighted by Crippen LogP contribution is -2.63. The molecular formula is C28H34FN3O8. The number of primary amides is 1. The number of ether oxygens (including phenoxy) is 1. The summed E-state index contributed by atoms with van der Waals surface area (Å²) in [5.74, 6) is -8.23. The van der Waals surface area contributed by atoms with Gasteiger partial charge >= 0.3 is 0 Å². The molecule has 1 saturated heterocycles. The molecule has 4 atom stereocenters. The number of carbonyl (C=O) groups is 3. The first-order valence-corrected chi connectivity index (χ1v) is 13.3. The summed E-state index contributed by atoms with van der Waals surface area (Å²) in [7, 11) is 4.75. The Bertz CT molecular complexity index is 1360. The highest BCUT2D eigenvalue weighted by Gasteiger charge is 2.63. The number of methoxy groups -OCH3 is 1. The fourth-order valence-electron chi connectivity index (χ4n) is 7.01. The predicted octanol–water partition coefficient (Wildman–Crippen LogP) is 0.871. The quantitative estimate of drug-likeness (QED) is 0.326. The molecule has 1 aliphatic heterocycles. The summed E-state index contributed by atoms with van der Waals surface area (Å²) in [4.78, 5) is 42.6. The van der Waals surface area contributed by atoms with Crippen molar-refractivity contribution in [3.05, 3.63) is 51.2 Å². The molecular weight excluding hydrogens is 525 g/mol. The molecule has 0 saturated carbocycles. The van der Waals surface area contributed by atoms with E-state index in [1.165, 1.54) is 11.0 Å². The van der Waals surface area contributed by atoms with Gasteiger partial charge in [-0.25, -0.2) is 4.39 Å².